The van der Waals surface area contributed by atoms with E-state index in [9.17, 15) is 18.0 Å². The number of hydrogen-bond donors (Lipinski definition) is 0. The van der Waals surface area contributed by atoms with E-state index in [0.29, 0.717) is 5.56 Å². The predicted octanol–water partition coefficient (Wildman–Crippen LogP) is 3.80. The lowest BCUT2D eigenvalue weighted by molar-refractivity contribution is -0.138. The molecule has 0 aliphatic carbocycles. The summed E-state index contributed by atoms with van der Waals surface area (Å²) in [6, 6.07) is 4.60. The Hall–Kier alpha value is -2.04. The minimum atomic E-state index is -4.34. The number of carbonyl (C=O) groups excluding carboxylic acids is 1. The average molecular weight is 256 g/mol. The van der Waals surface area contributed by atoms with Crippen LogP contribution in [-0.2, 0) is 15.7 Å². The summed E-state index contributed by atoms with van der Waals surface area (Å²) >= 11 is 0. The quantitative estimate of drug-likeness (QED) is 0.467. The van der Waals surface area contributed by atoms with E-state index >= 15 is 0 Å². The van der Waals surface area contributed by atoms with Gasteiger partial charge in [-0.15, -0.1) is 0 Å². The first-order valence-electron chi connectivity index (χ1n) is 5.01. The number of halogens is 3. The molecule has 0 unspecified atom stereocenters. The standard InChI is InChI=1S/C13H11F3O2/c1-9(18-10(2)17)3-4-11-5-7-12(8-6-11)13(14,15)16/h3-8H,1H2,2H3/b4-3+. The monoisotopic (exact) mass is 256 g/mol. The van der Waals surface area contributed by atoms with Crippen LogP contribution in [0.15, 0.2) is 42.7 Å². The molecule has 0 saturated heterocycles. The van der Waals surface area contributed by atoms with Crippen LogP contribution in [0.25, 0.3) is 6.08 Å². The van der Waals surface area contributed by atoms with Crippen molar-refractivity contribution in [3.05, 3.63) is 53.8 Å². The highest BCUT2D eigenvalue weighted by Gasteiger charge is 2.29. The van der Waals surface area contributed by atoms with Gasteiger partial charge in [-0.2, -0.15) is 13.2 Å². The maximum absolute atomic E-state index is 12.3. The third-order valence-electron chi connectivity index (χ3n) is 1.97. The van der Waals surface area contributed by atoms with Crippen molar-refractivity contribution in [1.82, 2.24) is 0 Å². The topological polar surface area (TPSA) is 26.3 Å². The molecule has 2 nitrogen and oxygen atoms in total. The summed E-state index contributed by atoms with van der Waals surface area (Å²) in [5.74, 6) is -0.375. The molecule has 0 bridgehead atoms. The van der Waals surface area contributed by atoms with Crippen LogP contribution in [0, 0.1) is 0 Å². The van der Waals surface area contributed by atoms with Gasteiger partial charge in [0.25, 0.3) is 0 Å². The summed E-state index contributed by atoms with van der Waals surface area (Å²) < 4.78 is 41.5. The maximum Gasteiger partial charge on any atom is 0.416 e. The van der Waals surface area contributed by atoms with Crippen molar-refractivity contribution < 1.29 is 22.7 Å². The molecule has 0 aliphatic rings. The van der Waals surface area contributed by atoms with E-state index in [-0.39, 0.29) is 5.76 Å². The molecule has 1 rings (SSSR count). The van der Waals surface area contributed by atoms with Crippen molar-refractivity contribution in [2.75, 3.05) is 0 Å². The van der Waals surface area contributed by atoms with Crippen LogP contribution in [0.5, 0.6) is 0 Å². The first kappa shape index (κ1) is 14.0. The molecule has 0 spiro atoms. The number of rotatable bonds is 3. The van der Waals surface area contributed by atoms with Crippen molar-refractivity contribution in [1.29, 1.82) is 0 Å². The van der Waals surface area contributed by atoms with E-state index in [1.807, 2.05) is 0 Å². The lowest BCUT2D eigenvalue weighted by Crippen LogP contribution is -2.03. The Kier molecular flexibility index (Phi) is 4.31. The number of benzene rings is 1. The van der Waals surface area contributed by atoms with E-state index in [1.165, 1.54) is 31.2 Å². The highest BCUT2D eigenvalue weighted by Crippen LogP contribution is 2.29. The fraction of sp³-hybridized carbons (Fsp3) is 0.154. The van der Waals surface area contributed by atoms with Crippen molar-refractivity contribution in [3.63, 3.8) is 0 Å². The van der Waals surface area contributed by atoms with Crippen molar-refractivity contribution >= 4 is 12.0 Å². The molecule has 18 heavy (non-hydrogen) atoms. The Morgan fingerprint density at radius 3 is 2.28 bits per heavy atom. The van der Waals surface area contributed by atoms with Gasteiger partial charge in [0.1, 0.15) is 5.76 Å². The summed E-state index contributed by atoms with van der Waals surface area (Å²) in [6.07, 6.45) is -1.43. The van der Waals surface area contributed by atoms with Gasteiger partial charge >= 0.3 is 12.1 Å². The van der Waals surface area contributed by atoms with Crippen LogP contribution in [0.2, 0.25) is 0 Å². The number of carbonyl (C=O) groups is 1. The molecule has 0 heterocycles. The molecule has 1 aromatic carbocycles. The van der Waals surface area contributed by atoms with Crippen LogP contribution in [0.1, 0.15) is 18.1 Å². The second-order valence-electron chi connectivity index (χ2n) is 3.51. The zero-order valence-corrected chi connectivity index (χ0v) is 9.62. The number of esters is 1. The van der Waals surface area contributed by atoms with Crippen molar-refractivity contribution in [2.45, 2.75) is 13.1 Å². The minimum absolute atomic E-state index is 0.127. The Morgan fingerprint density at radius 2 is 1.83 bits per heavy atom. The molecule has 1 aromatic rings. The SMILES string of the molecule is C=C(/C=C/c1ccc(C(F)(F)F)cc1)OC(C)=O. The normalized spacial score (nSPS) is 11.6. The molecule has 0 aromatic heterocycles. The third kappa shape index (κ3) is 4.45. The summed E-state index contributed by atoms with van der Waals surface area (Å²) in [7, 11) is 0. The van der Waals surface area contributed by atoms with E-state index in [4.69, 9.17) is 0 Å². The van der Waals surface area contributed by atoms with Gasteiger partial charge in [-0.05, 0) is 23.8 Å². The van der Waals surface area contributed by atoms with E-state index in [0.717, 1.165) is 12.1 Å². The van der Waals surface area contributed by atoms with Gasteiger partial charge in [-0.25, -0.2) is 0 Å². The van der Waals surface area contributed by atoms with Crippen molar-refractivity contribution in [2.24, 2.45) is 0 Å². The molecule has 0 saturated carbocycles. The van der Waals surface area contributed by atoms with Gasteiger partial charge in [0.2, 0.25) is 0 Å². The molecular weight excluding hydrogens is 245 g/mol. The highest BCUT2D eigenvalue weighted by atomic mass is 19.4. The summed E-state index contributed by atoms with van der Waals surface area (Å²) in [5.41, 5.74) is -0.158. The molecular formula is C13H11F3O2. The van der Waals surface area contributed by atoms with Gasteiger partial charge < -0.3 is 4.74 Å². The smallest absolute Gasteiger partial charge is 0.416 e. The summed E-state index contributed by atoms with van der Waals surface area (Å²) in [4.78, 5) is 10.6. The van der Waals surface area contributed by atoms with E-state index in [2.05, 4.69) is 11.3 Å². The minimum Gasteiger partial charge on any atom is -0.427 e. The van der Waals surface area contributed by atoms with Crippen molar-refractivity contribution in [3.8, 4) is 0 Å². The van der Waals surface area contributed by atoms with Crippen LogP contribution in [0.3, 0.4) is 0 Å². The molecule has 0 aliphatic heterocycles. The van der Waals surface area contributed by atoms with Crippen LogP contribution in [0.4, 0.5) is 13.2 Å². The van der Waals surface area contributed by atoms with Gasteiger partial charge in [-0.3, -0.25) is 4.79 Å². The second-order valence-corrected chi connectivity index (χ2v) is 3.51. The molecule has 0 amide bonds. The van der Waals surface area contributed by atoms with E-state index in [1.54, 1.807) is 0 Å². The van der Waals surface area contributed by atoms with Gasteiger partial charge in [0.05, 0.1) is 5.56 Å². The molecule has 0 atom stereocenters. The Labute approximate surface area is 102 Å². The Balaban J connectivity index is 2.72. The van der Waals surface area contributed by atoms with Crippen LogP contribution in [-0.4, -0.2) is 5.97 Å². The third-order valence-corrected chi connectivity index (χ3v) is 1.97. The van der Waals surface area contributed by atoms with Gasteiger partial charge in [-0.1, -0.05) is 24.8 Å². The van der Waals surface area contributed by atoms with Gasteiger partial charge in [0.15, 0.2) is 0 Å². The Bertz CT molecular complexity index is 470. The second kappa shape index (κ2) is 5.53. The molecule has 96 valence electrons. The number of allylic oxidation sites excluding steroid dienone is 1. The zero-order valence-electron chi connectivity index (χ0n) is 9.62. The fourth-order valence-electron chi connectivity index (χ4n) is 1.19. The summed E-state index contributed by atoms with van der Waals surface area (Å²) in [6.45, 7) is 4.69. The lowest BCUT2D eigenvalue weighted by Gasteiger charge is -2.06. The lowest BCUT2D eigenvalue weighted by atomic mass is 10.1. The number of ether oxygens (including phenoxy) is 1. The first-order chi connectivity index (χ1) is 8.29. The van der Waals surface area contributed by atoms with E-state index < -0.39 is 17.7 Å². The molecule has 0 radical (unpaired) electrons. The first-order valence-corrected chi connectivity index (χ1v) is 5.01. The van der Waals surface area contributed by atoms with Crippen LogP contribution < -0.4 is 0 Å². The fourth-order valence-corrected chi connectivity index (χ4v) is 1.19. The molecule has 0 N–H and O–H groups in total. The highest BCUT2D eigenvalue weighted by molar-refractivity contribution is 5.68. The maximum atomic E-state index is 12.3. The largest absolute Gasteiger partial charge is 0.427 e. The zero-order chi connectivity index (χ0) is 13.8. The number of alkyl halides is 3. The molecule has 5 heteroatoms. The number of hydrogen-bond acceptors (Lipinski definition) is 2. The summed E-state index contributed by atoms with van der Waals surface area (Å²) in [5, 5.41) is 0. The van der Waals surface area contributed by atoms with Crippen LogP contribution >= 0.6 is 0 Å². The average Bonchev–Trinajstić information content (AvgIpc) is 2.25. The molecule has 0 fully saturated rings. The van der Waals surface area contributed by atoms with Gasteiger partial charge in [0, 0.05) is 6.92 Å². The predicted molar refractivity (Wildman–Crippen MR) is 61.4 cm³/mol. The Morgan fingerprint density at radius 1 is 1.28 bits per heavy atom.